The van der Waals surface area contributed by atoms with Gasteiger partial charge in [0.2, 0.25) is 0 Å². The highest BCUT2D eigenvalue weighted by Crippen LogP contribution is 2.23. The molecule has 4 nitrogen and oxygen atoms in total. The molecule has 0 spiro atoms. The third kappa shape index (κ3) is 2.99. The van der Waals surface area contributed by atoms with Crippen molar-refractivity contribution in [1.29, 1.82) is 0 Å². The summed E-state index contributed by atoms with van der Waals surface area (Å²) in [5, 5.41) is 4.10. The van der Waals surface area contributed by atoms with Crippen molar-refractivity contribution < 1.29 is 0 Å². The van der Waals surface area contributed by atoms with Gasteiger partial charge < -0.3 is 11.1 Å². The zero-order valence-corrected chi connectivity index (χ0v) is 10.3. The number of halogens is 2. The molecule has 0 saturated carbocycles. The van der Waals surface area contributed by atoms with Gasteiger partial charge in [0.05, 0.1) is 0 Å². The second-order valence-corrected chi connectivity index (χ2v) is 4.22. The van der Waals surface area contributed by atoms with Crippen LogP contribution in [0.4, 0.5) is 11.6 Å². The van der Waals surface area contributed by atoms with Gasteiger partial charge >= 0.3 is 0 Å². The van der Waals surface area contributed by atoms with E-state index in [1.165, 1.54) is 6.33 Å². The van der Waals surface area contributed by atoms with Gasteiger partial charge in [0.15, 0.2) is 5.82 Å². The van der Waals surface area contributed by atoms with E-state index in [2.05, 4.69) is 15.3 Å². The van der Waals surface area contributed by atoms with Crippen LogP contribution in [0.15, 0.2) is 30.6 Å². The van der Waals surface area contributed by atoms with Crippen LogP contribution in [0.2, 0.25) is 10.0 Å². The SMILES string of the molecule is Nc1ncnc(NCc2cccc(Cl)c2)c1Cl. The maximum absolute atomic E-state index is 5.95. The molecule has 0 unspecified atom stereocenters. The minimum absolute atomic E-state index is 0.260. The van der Waals surface area contributed by atoms with Gasteiger partial charge in [-0.25, -0.2) is 9.97 Å². The molecule has 0 aliphatic carbocycles. The first-order valence-electron chi connectivity index (χ1n) is 4.91. The van der Waals surface area contributed by atoms with Gasteiger partial charge in [-0.05, 0) is 17.7 Å². The summed E-state index contributed by atoms with van der Waals surface area (Å²) in [7, 11) is 0. The summed E-state index contributed by atoms with van der Waals surface area (Å²) in [4.78, 5) is 7.79. The van der Waals surface area contributed by atoms with Gasteiger partial charge in [0.25, 0.3) is 0 Å². The van der Waals surface area contributed by atoms with Crippen LogP contribution < -0.4 is 11.1 Å². The minimum Gasteiger partial charge on any atom is -0.382 e. The molecule has 0 amide bonds. The second kappa shape index (κ2) is 5.21. The normalized spacial score (nSPS) is 10.2. The monoisotopic (exact) mass is 268 g/mol. The minimum atomic E-state index is 0.260. The molecule has 6 heteroatoms. The molecule has 0 radical (unpaired) electrons. The molecule has 0 aliphatic heterocycles. The predicted molar refractivity (Wildman–Crippen MR) is 70.2 cm³/mol. The molecule has 0 aliphatic rings. The predicted octanol–water partition coefficient (Wildman–Crippen LogP) is 2.98. The fourth-order valence-corrected chi connectivity index (χ4v) is 1.72. The maximum Gasteiger partial charge on any atom is 0.150 e. The van der Waals surface area contributed by atoms with Gasteiger partial charge in [-0.2, -0.15) is 0 Å². The molecule has 2 aromatic rings. The highest BCUT2D eigenvalue weighted by molar-refractivity contribution is 6.35. The summed E-state index contributed by atoms with van der Waals surface area (Å²) in [6.45, 7) is 0.566. The van der Waals surface area contributed by atoms with Gasteiger partial charge in [0.1, 0.15) is 17.2 Å². The average molecular weight is 269 g/mol. The molecule has 1 heterocycles. The number of anilines is 2. The standard InChI is InChI=1S/C11H10Cl2N4/c12-8-3-1-2-7(4-8)5-15-11-9(13)10(14)16-6-17-11/h1-4,6H,5H2,(H3,14,15,16,17). The lowest BCUT2D eigenvalue weighted by Gasteiger charge is -2.08. The van der Waals surface area contributed by atoms with Crippen molar-refractivity contribution in [2.75, 3.05) is 11.1 Å². The van der Waals surface area contributed by atoms with E-state index in [1.54, 1.807) is 0 Å². The second-order valence-electron chi connectivity index (χ2n) is 3.40. The van der Waals surface area contributed by atoms with Crippen molar-refractivity contribution >= 4 is 34.8 Å². The lowest BCUT2D eigenvalue weighted by molar-refractivity contribution is 1.08. The number of nitrogen functional groups attached to an aromatic ring is 1. The Labute approximate surface area is 109 Å². The quantitative estimate of drug-likeness (QED) is 0.899. The Balaban J connectivity index is 2.10. The van der Waals surface area contributed by atoms with Gasteiger partial charge in [-0.15, -0.1) is 0 Å². The van der Waals surface area contributed by atoms with E-state index >= 15 is 0 Å². The number of rotatable bonds is 3. The van der Waals surface area contributed by atoms with Crippen LogP contribution in [0, 0.1) is 0 Å². The summed E-state index contributed by atoms with van der Waals surface area (Å²) in [6.07, 6.45) is 1.36. The summed E-state index contributed by atoms with van der Waals surface area (Å²) < 4.78 is 0. The van der Waals surface area contributed by atoms with Crippen LogP contribution in [-0.4, -0.2) is 9.97 Å². The first kappa shape index (κ1) is 12.0. The van der Waals surface area contributed by atoms with Crippen molar-refractivity contribution in [1.82, 2.24) is 9.97 Å². The summed E-state index contributed by atoms with van der Waals surface area (Å²) in [5.41, 5.74) is 6.60. The third-order valence-corrected chi connectivity index (χ3v) is 2.77. The zero-order chi connectivity index (χ0) is 12.3. The van der Waals surface area contributed by atoms with E-state index in [-0.39, 0.29) is 5.82 Å². The fraction of sp³-hybridized carbons (Fsp3) is 0.0909. The first-order chi connectivity index (χ1) is 8.16. The van der Waals surface area contributed by atoms with E-state index in [0.717, 1.165) is 5.56 Å². The first-order valence-corrected chi connectivity index (χ1v) is 5.66. The number of nitrogens with one attached hydrogen (secondary N) is 1. The van der Waals surface area contributed by atoms with Crippen LogP contribution in [-0.2, 0) is 6.54 Å². The number of hydrogen-bond donors (Lipinski definition) is 2. The van der Waals surface area contributed by atoms with E-state index in [9.17, 15) is 0 Å². The highest BCUT2D eigenvalue weighted by atomic mass is 35.5. The summed E-state index contributed by atoms with van der Waals surface area (Å²) >= 11 is 11.8. The van der Waals surface area contributed by atoms with Crippen molar-refractivity contribution in [2.24, 2.45) is 0 Å². The Kier molecular flexibility index (Phi) is 3.66. The molecular formula is C11H10Cl2N4. The largest absolute Gasteiger partial charge is 0.382 e. The Morgan fingerprint density at radius 3 is 2.82 bits per heavy atom. The topological polar surface area (TPSA) is 63.8 Å². The smallest absolute Gasteiger partial charge is 0.150 e. The zero-order valence-electron chi connectivity index (χ0n) is 8.82. The molecule has 0 fully saturated rings. The van der Waals surface area contributed by atoms with Gasteiger partial charge in [0, 0.05) is 11.6 Å². The van der Waals surface area contributed by atoms with Crippen LogP contribution >= 0.6 is 23.2 Å². The molecule has 0 atom stereocenters. The Bertz CT molecular complexity index is 531. The van der Waals surface area contributed by atoms with Crippen molar-refractivity contribution in [3.63, 3.8) is 0 Å². The number of hydrogen-bond acceptors (Lipinski definition) is 4. The number of benzene rings is 1. The summed E-state index contributed by atoms with van der Waals surface area (Å²) in [6, 6.07) is 7.53. The van der Waals surface area contributed by atoms with Gasteiger partial charge in [-0.1, -0.05) is 35.3 Å². The molecule has 17 heavy (non-hydrogen) atoms. The average Bonchev–Trinajstić information content (AvgIpc) is 2.31. The Morgan fingerprint density at radius 1 is 1.24 bits per heavy atom. The molecule has 88 valence electrons. The van der Waals surface area contributed by atoms with E-state index in [4.69, 9.17) is 28.9 Å². The Morgan fingerprint density at radius 2 is 2.06 bits per heavy atom. The lowest BCUT2D eigenvalue weighted by Crippen LogP contribution is -2.04. The molecular weight excluding hydrogens is 259 g/mol. The van der Waals surface area contributed by atoms with Crippen LogP contribution in [0.5, 0.6) is 0 Å². The molecule has 0 bridgehead atoms. The molecule has 1 aromatic heterocycles. The van der Waals surface area contributed by atoms with E-state index in [0.29, 0.717) is 22.4 Å². The van der Waals surface area contributed by atoms with Crippen LogP contribution in [0.1, 0.15) is 5.56 Å². The van der Waals surface area contributed by atoms with Crippen LogP contribution in [0.3, 0.4) is 0 Å². The number of nitrogens with two attached hydrogens (primary N) is 1. The van der Waals surface area contributed by atoms with Crippen molar-refractivity contribution in [2.45, 2.75) is 6.54 Å². The Hall–Kier alpha value is -1.52. The number of aromatic nitrogens is 2. The molecule has 0 saturated heterocycles. The highest BCUT2D eigenvalue weighted by Gasteiger charge is 2.05. The summed E-state index contributed by atoms with van der Waals surface area (Å²) in [5.74, 6) is 0.773. The number of nitrogens with zero attached hydrogens (tertiary/aromatic N) is 2. The van der Waals surface area contributed by atoms with Crippen molar-refractivity contribution in [3.05, 3.63) is 46.2 Å². The van der Waals surface area contributed by atoms with Crippen LogP contribution in [0.25, 0.3) is 0 Å². The van der Waals surface area contributed by atoms with E-state index in [1.807, 2.05) is 24.3 Å². The molecule has 3 N–H and O–H groups in total. The van der Waals surface area contributed by atoms with Gasteiger partial charge in [-0.3, -0.25) is 0 Å². The maximum atomic E-state index is 5.95. The third-order valence-electron chi connectivity index (χ3n) is 2.17. The molecule has 1 aromatic carbocycles. The fourth-order valence-electron chi connectivity index (χ4n) is 1.34. The van der Waals surface area contributed by atoms with Crippen molar-refractivity contribution in [3.8, 4) is 0 Å². The lowest BCUT2D eigenvalue weighted by atomic mass is 10.2. The van der Waals surface area contributed by atoms with E-state index < -0.39 is 0 Å². The molecule has 2 rings (SSSR count).